The van der Waals surface area contributed by atoms with Gasteiger partial charge >= 0.3 is 0 Å². The van der Waals surface area contributed by atoms with Crippen LogP contribution in [0.25, 0.3) is 0 Å². The number of carbonyl (C=O) groups excluding carboxylic acids is 1. The summed E-state index contributed by atoms with van der Waals surface area (Å²) in [5.41, 5.74) is 2.45. The summed E-state index contributed by atoms with van der Waals surface area (Å²) >= 11 is 5.81. The summed E-state index contributed by atoms with van der Waals surface area (Å²) in [6.45, 7) is 4.14. The van der Waals surface area contributed by atoms with Crippen molar-refractivity contribution in [3.05, 3.63) is 58.4 Å². The van der Waals surface area contributed by atoms with E-state index in [2.05, 4.69) is 18.8 Å². The number of hydrogen-bond acceptors (Lipinski definition) is 1. The second kappa shape index (κ2) is 4.76. The van der Waals surface area contributed by atoms with Gasteiger partial charge in [-0.15, -0.1) is 0 Å². The third-order valence-electron chi connectivity index (χ3n) is 2.75. The summed E-state index contributed by atoms with van der Waals surface area (Å²) in [7, 11) is 0. The molecule has 1 heterocycles. The lowest BCUT2D eigenvalue weighted by Gasteiger charge is -2.06. The van der Waals surface area contributed by atoms with Crippen LogP contribution in [0.5, 0.6) is 0 Å². The number of H-pyrrole nitrogens is 1. The maximum absolute atomic E-state index is 12.3. The first-order chi connectivity index (χ1) is 8.09. The van der Waals surface area contributed by atoms with Gasteiger partial charge in [-0.05, 0) is 35.7 Å². The smallest absolute Gasteiger partial charge is 0.194 e. The van der Waals surface area contributed by atoms with Crippen LogP contribution in [-0.4, -0.2) is 10.8 Å². The van der Waals surface area contributed by atoms with Crippen molar-refractivity contribution < 1.29 is 4.79 Å². The van der Waals surface area contributed by atoms with Gasteiger partial charge in [-0.3, -0.25) is 4.79 Å². The number of ketones is 1. The molecule has 0 spiro atoms. The van der Waals surface area contributed by atoms with E-state index in [4.69, 9.17) is 11.6 Å². The van der Waals surface area contributed by atoms with E-state index < -0.39 is 0 Å². The first-order valence-corrected chi connectivity index (χ1v) is 5.94. The fourth-order valence-corrected chi connectivity index (χ4v) is 1.93. The molecule has 0 fully saturated rings. The number of aromatic nitrogens is 1. The monoisotopic (exact) mass is 247 g/mol. The van der Waals surface area contributed by atoms with Crippen LogP contribution in [-0.2, 0) is 0 Å². The molecule has 2 rings (SSSR count). The predicted octanol–water partition coefficient (Wildman–Crippen LogP) is 4.02. The Bertz CT molecular complexity index is 525. The van der Waals surface area contributed by atoms with Crippen molar-refractivity contribution >= 4 is 17.4 Å². The van der Waals surface area contributed by atoms with Gasteiger partial charge in [0.15, 0.2) is 5.78 Å². The fourth-order valence-electron chi connectivity index (χ4n) is 1.81. The Morgan fingerprint density at radius 3 is 2.41 bits per heavy atom. The highest BCUT2D eigenvalue weighted by Crippen LogP contribution is 2.22. The molecule has 0 saturated heterocycles. The average Bonchev–Trinajstić information content (AvgIpc) is 2.78. The number of benzene rings is 1. The zero-order chi connectivity index (χ0) is 12.4. The number of rotatable bonds is 3. The molecule has 3 heteroatoms. The van der Waals surface area contributed by atoms with Crippen LogP contribution in [0.1, 0.15) is 41.3 Å². The van der Waals surface area contributed by atoms with E-state index in [0.717, 1.165) is 11.1 Å². The third kappa shape index (κ3) is 2.42. The summed E-state index contributed by atoms with van der Waals surface area (Å²) in [6, 6.07) is 6.97. The van der Waals surface area contributed by atoms with Crippen LogP contribution < -0.4 is 0 Å². The van der Waals surface area contributed by atoms with Gasteiger partial charge in [0.2, 0.25) is 0 Å². The SMILES string of the molecule is CC(C)c1c[nH]cc1C(=O)c1ccc(Cl)cc1. The fraction of sp³-hybridized carbons (Fsp3) is 0.214. The summed E-state index contributed by atoms with van der Waals surface area (Å²) < 4.78 is 0. The molecule has 0 radical (unpaired) electrons. The van der Waals surface area contributed by atoms with E-state index in [1.165, 1.54) is 0 Å². The van der Waals surface area contributed by atoms with Crippen LogP contribution in [0.4, 0.5) is 0 Å². The standard InChI is InChI=1S/C14H14ClNO/c1-9(2)12-7-16-8-13(12)14(17)10-3-5-11(15)6-4-10/h3-9,16H,1-2H3. The largest absolute Gasteiger partial charge is 0.367 e. The van der Waals surface area contributed by atoms with Gasteiger partial charge < -0.3 is 4.98 Å². The Morgan fingerprint density at radius 2 is 1.82 bits per heavy atom. The zero-order valence-electron chi connectivity index (χ0n) is 9.83. The molecule has 0 amide bonds. The Morgan fingerprint density at radius 1 is 1.18 bits per heavy atom. The van der Waals surface area contributed by atoms with Crippen molar-refractivity contribution in [2.45, 2.75) is 19.8 Å². The normalized spacial score (nSPS) is 10.8. The van der Waals surface area contributed by atoms with Crippen LogP contribution in [0.3, 0.4) is 0 Å². The highest BCUT2D eigenvalue weighted by Gasteiger charge is 2.16. The molecule has 0 saturated carbocycles. The highest BCUT2D eigenvalue weighted by atomic mass is 35.5. The van der Waals surface area contributed by atoms with E-state index in [9.17, 15) is 4.79 Å². The van der Waals surface area contributed by atoms with Crippen molar-refractivity contribution in [1.82, 2.24) is 4.98 Å². The van der Waals surface area contributed by atoms with E-state index in [-0.39, 0.29) is 5.78 Å². The second-order valence-electron chi connectivity index (χ2n) is 4.32. The Labute approximate surface area is 106 Å². The van der Waals surface area contributed by atoms with Crippen molar-refractivity contribution in [2.75, 3.05) is 0 Å². The predicted molar refractivity (Wildman–Crippen MR) is 69.8 cm³/mol. The van der Waals surface area contributed by atoms with Crippen molar-refractivity contribution in [2.24, 2.45) is 0 Å². The van der Waals surface area contributed by atoms with Crippen LogP contribution >= 0.6 is 11.6 Å². The first kappa shape index (κ1) is 11.9. The Kier molecular flexibility index (Phi) is 3.34. The van der Waals surface area contributed by atoms with Crippen LogP contribution in [0.15, 0.2) is 36.7 Å². The van der Waals surface area contributed by atoms with E-state index in [0.29, 0.717) is 16.5 Å². The molecule has 17 heavy (non-hydrogen) atoms. The minimum atomic E-state index is 0.0339. The molecule has 1 aromatic carbocycles. The number of hydrogen-bond donors (Lipinski definition) is 1. The molecular formula is C14H14ClNO. The molecule has 2 aromatic rings. The Balaban J connectivity index is 2.37. The van der Waals surface area contributed by atoms with Gasteiger partial charge in [0.05, 0.1) is 0 Å². The second-order valence-corrected chi connectivity index (χ2v) is 4.75. The van der Waals surface area contributed by atoms with Gasteiger partial charge in [-0.1, -0.05) is 25.4 Å². The maximum Gasteiger partial charge on any atom is 0.194 e. The van der Waals surface area contributed by atoms with Gasteiger partial charge in [0, 0.05) is 28.5 Å². The minimum absolute atomic E-state index is 0.0339. The van der Waals surface area contributed by atoms with Crippen molar-refractivity contribution in [1.29, 1.82) is 0 Å². The summed E-state index contributed by atoms with van der Waals surface area (Å²) in [5, 5.41) is 0.639. The molecule has 2 nitrogen and oxygen atoms in total. The van der Waals surface area contributed by atoms with E-state index in [1.54, 1.807) is 30.5 Å². The van der Waals surface area contributed by atoms with Crippen molar-refractivity contribution in [3.63, 3.8) is 0 Å². The van der Waals surface area contributed by atoms with Crippen LogP contribution in [0, 0.1) is 0 Å². The lowest BCUT2D eigenvalue weighted by Crippen LogP contribution is -2.03. The zero-order valence-corrected chi connectivity index (χ0v) is 10.6. The molecule has 88 valence electrons. The van der Waals surface area contributed by atoms with Gasteiger partial charge in [0.1, 0.15) is 0 Å². The molecule has 0 aliphatic rings. The molecular weight excluding hydrogens is 234 g/mol. The highest BCUT2D eigenvalue weighted by molar-refractivity contribution is 6.30. The topological polar surface area (TPSA) is 32.9 Å². The average molecular weight is 248 g/mol. The van der Waals surface area contributed by atoms with E-state index >= 15 is 0 Å². The van der Waals surface area contributed by atoms with E-state index in [1.807, 2.05) is 6.20 Å². The first-order valence-electron chi connectivity index (χ1n) is 5.56. The molecule has 1 aromatic heterocycles. The number of carbonyl (C=O) groups is 1. The van der Waals surface area contributed by atoms with Crippen LogP contribution in [0.2, 0.25) is 5.02 Å². The summed E-state index contributed by atoms with van der Waals surface area (Å²) in [6.07, 6.45) is 3.64. The van der Waals surface area contributed by atoms with Gasteiger partial charge in [-0.25, -0.2) is 0 Å². The lowest BCUT2D eigenvalue weighted by molar-refractivity contribution is 0.103. The molecule has 0 bridgehead atoms. The molecule has 0 aliphatic carbocycles. The number of halogens is 1. The molecule has 0 unspecified atom stereocenters. The minimum Gasteiger partial charge on any atom is -0.367 e. The Hall–Kier alpha value is -1.54. The maximum atomic E-state index is 12.3. The van der Waals surface area contributed by atoms with Gasteiger partial charge in [-0.2, -0.15) is 0 Å². The molecule has 0 atom stereocenters. The molecule has 0 aliphatic heterocycles. The quantitative estimate of drug-likeness (QED) is 0.817. The lowest BCUT2D eigenvalue weighted by atomic mass is 9.96. The summed E-state index contributed by atoms with van der Waals surface area (Å²) in [4.78, 5) is 15.3. The number of nitrogens with one attached hydrogen (secondary N) is 1. The van der Waals surface area contributed by atoms with Crippen molar-refractivity contribution in [3.8, 4) is 0 Å². The number of aromatic amines is 1. The molecule has 1 N–H and O–H groups in total. The summed E-state index contributed by atoms with van der Waals surface area (Å²) in [5.74, 6) is 0.360. The third-order valence-corrected chi connectivity index (χ3v) is 3.00. The van der Waals surface area contributed by atoms with Gasteiger partial charge in [0.25, 0.3) is 0 Å².